The third-order valence-corrected chi connectivity index (χ3v) is 14.8. The molecule has 0 saturated carbocycles. The molecule has 1 heterocycles. The molecule has 4 heteroatoms. The van der Waals surface area contributed by atoms with E-state index in [2.05, 4.69) is 188 Å². The zero-order valence-electron chi connectivity index (χ0n) is 37.8. The Labute approximate surface area is 403 Å². The highest BCUT2D eigenvalue weighted by molar-refractivity contribution is 6.28. The Balaban J connectivity index is 1.07. The molecule has 0 fully saturated rings. The third-order valence-electron chi connectivity index (χ3n) is 14.8. The Morgan fingerprint density at radius 1 is 0.386 bits per heavy atom. The molecule has 12 aromatic carbocycles. The van der Waals surface area contributed by atoms with Crippen LogP contribution in [0.3, 0.4) is 0 Å². The molecule has 0 unspecified atom stereocenters. The largest absolute Gasteiger partial charge is 0.227 e. The maximum Gasteiger partial charge on any atom is 0.160 e. The Kier molecular flexibility index (Phi) is 8.81. The predicted octanol–water partition coefficient (Wildman–Crippen LogP) is 17.3. The van der Waals surface area contributed by atoms with Crippen molar-refractivity contribution in [3.63, 3.8) is 0 Å². The van der Waals surface area contributed by atoms with Crippen molar-refractivity contribution in [3.8, 4) is 68.2 Å². The van der Waals surface area contributed by atoms with Crippen LogP contribution < -0.4 is 0 Å². The van der Waals surface area contributed by atoms with E-state index in [-0.39, 0.29) is 0 Å². The maximum atomic E-state index is 10.0. The van der Waals surface area contributed by atoms with Gasteiger partial charge in [0.2, 0.25) is 0 Å². The molecule has 0 N–H and O–H groups in total. The van der Waals surface area contributed by atoms with Gasteiger partial charge in [-0.2, -0.15) is 10.5 Å². The molecule has 1 aliphatic carbocycles. The second-order valence-corrected chi connectivity index (χ2v) is 18.5. The molecule has 322 valence electrons. The highest BCUT2D eigenvalue weighted by atomic mass is 14.9. The Morgan fingerprint density at radius 2 is 0.943 bits per heavy atom. The van der Waals surface area contributed by atoms with Crippen molar-refractivity contribution in [2.45, 2.75) is 12.8 Å². The highest BCUT2D eigenvalue weighted by Crippen LogP contribution is 2.46. The molecule has 13 aromatic rings. The molecule has 14 rings (SSSR count). The summed E-state index contributed by atoms with van der Waals surface area (Å²) >= 11 is 0. The monoisotopic (exact) mass is 886 g/mol. The minimum atomic E-state index is 0.612. The number of fused-ring (bicyclic) bond motifs is 1. The zero-order valence-corrected chi connectivity index (χ0v) is 37.8. The Bertz CT molecular complexity index is 4440. The summed E-state index contributed by atoms with van der Waals surface area (Å²) in [6.07, 6.45) is 5.74. The zero-order chi connectivity index (χ0) is 46.5. The average molecular weight is 887 g/mol. The van der Waals surface area contributed by atoms with E-state index in [0.29, 0.717) is 17.0 Å². The smallest absolute Gasteiger partial charge is 0.160 e. The number of aromatic nitrogens is 2. The molecule has 1 aromatic heterocycles. The van der Waals surface area contributed by atoms with E-state index >= 15 is 0 Å². The van der Waals surface area contributed by atoms with Gasteiger partial charge in [-0.15, -0.1) is 0 Å². The quantitative estimate of drug-likeness (QED) is 0.156. The molecule has 1 aliphatic rings. The van der Waals surface area contributed by atoms with Crippen LogP contribution in [0, 0.1) is 22.7 Å². The van der Waals surface area contributed by atoms with Crippen LogP contribution in [-0.2, 0) is 0 Å². The summed E-state index contributed by atoms with van der Waals surface area (Å²) in [6.45, 7) is 0. The molecule has 0 amide bonds. The number of rotatable bonds is 6. The van der Waals surface area contributed by atoms with Gasteiger partial charge in [0.25, 0.3) is 0 Å². The third kappa shape index (κ3) is 6.08. The van der Waals surface area contributed by atoms with E-state index in [0.717, 1.165) is 85.1 Å². The van der Waals surface area contributed by atoms with Crippen molar-refractivity contribution in [1.29, 1.82) is 10.5 Å². The molecule has 0 spiro atoms. The van der Waals surface area contributed by atoms with Gasteiger partial charge >= 0.3 is 0 Å². The summed E-state index contributed by atoms with van der Waals surface area (Å²) in [5, 5.41) is 35.7. The van der Waals surface area contributed by atoms with Gasteiger partial charge < -0.3 is 0 Å². The van der Waals surface area contributed by atoms with Crippen LogP contribution >= 0.6 is 0 Å². The number of hydrogen-bond donors (Lipinski definition) is 0. The van der Waals surface area contributed by atoms with Gasteiger partial charge in [0.05, 0.1) is 34.5 Å². The lowest BCUT2D eigenvalue weighted by molar-refractivity contribution is 1.04. The number of allylic oxidation sites excluding steroid dienone is 4. The van der Waals surface area contributed by atoms with Crippen LogP contribution in [0.4, 0.5) is 0 Å². The first-order chi connectivity index (χ1) is 34.6. The van der Waals surface area contributed by atoms with Crippen LogP contribution in [0.25, 0.3) is 137 Å². The molecule has 70 heavy (non-hydrogen) atoms. The summed E-state index contributed by atoms with van der Waals surface area (Å²) in [5.74, 6) is 0.612. The van der Waals surface area contributed by atoms with Crippen LogP contribution in [0.5, 0.6) is 0 Å². The van der Waals surface area contributed by atoms with Gasteiger partial charge in [0, 0.05) is 22.1 Å². The Hall–Kier alpha value is -9.48. The normalized spacial score (nSPS) is 12.9. The molecule has 0 saturated heterocycles. The standard InChI is InChI=1S/C66H38N4/c67-37-49-7-1-3-13-52(49)39-15-23-47(24-16-39)64-59-36-51(54-31-27-45-21-19-41-9-5-11-43-29-33-56(54)62(45)60(41)43)35-58(55-32-28-46-22-20-42-10-6-12-44-30-34-57(55)63(46)61(42)44)65(59)70-66(69-64)48-25-17-40(18-26-48)53-14-4-2-8-50(53)38-68/h1-3,5-13,15-36H,4,14H2. The average Bonchev–Trinajstić information content (AvgIpc) is 3.43. The number of benzene rings is 12. The molecule has 0 bridgehead atoms. The minimum Gasteiger partial charge on any atom is -0.227 e. The molecular weight excluding hydrogens is 849 g/mol. The molecule has 0 atom stereocenters. The van der Waals surface area contributed by atoms with Crippen molar-refractivity contribution in [2.24, 2.45) is 0 Å². The first kappa shape index (κ1) is 39.7. The topological polar surface area (TPSA) is 73.4 Å². The first-order valence-corrected chi connectivity index (χ1v) is 23.8. The van der Waals surface area contributed by atoms with Gasteiger partial charge in [0.15, 0.2) is 5.82 Å². The fourth-order valence-electron chi connectivity index (χ4n) is 11.4. The highest BCUT2D eigenvalue weighted by Gasteiger charge is 2.22. The van der Waals surface area contributed by atoms with Gasteiger partial charge in [0.1, 0.15) is 0 Å². The van der Waals surface area contributed by atoms with Gasteiger partial charge in [-0.3, -0.25) is 0 Å². The lowest BCUT2D eigenvalue weighted by Gasteiger charge is -2.19. The van der Waals surface area contributed by atoms with Crippen molar-refractivity contribution < 1.29 is 0 Å². The van der Waals surface area contributed by atoms with E-state index in [1.807, 2.05) is 30.3 Å². The van der Waals surface area contributed by atoms with Crippen molar-refractivity contribution in [1.82, 2.24) is 9.97 Å². The van der Waals surface area contributed by atoms with Crippen LogP contribution in [0.2, 0.25) is 0 Å². The fourth-order valence-corrected chi connectivity index (χ4v) is 11.4. The number of nitrogens with zero attached hydrogens (tertiary/aromatic N) is 4. The number of nitriles is 2. The van der Waals surface area contributed by atoms with E-state index in [4.69, 9.17) is 9.97 Å². The fraction of sp³-hybridized carbons (Fsp3) is 0.0303. The Morgan fingerprint density at radius 3 is 1.60 bits per heavy atom. The lowest BCUT2D eigenvalue weighted by Crippen LogP contribution is -1.99. The summed E-state index contributed by atoms with van der Waals surface area (Å²) in [5.41, 5.74) is 13.1. The lowest BCUT2D eigenvalue weighted by atomic mass is 9.86. The van der Waals surface area contributed by atoms with Crippen molar-refractivity contribution in [2.75, 3.05) is 0 Å². The first-order valence-electron chi connectivity index (χ1n) is 23.8. The maximum absolute atomic E-state index is 10.0. The molecule has 4 nitrogen and oxygen atoms in total. The van der Waals surface area contributed by atoms with Crippen molar-refractivity contribution >= 4 is 81.1 Å². The van der Waals surface area contributed by atoms with E-state index < -0.39 is 0 Å². The second kappa shape index (κ2) is 15.5. The van der Waals surface area contributed by atoms with Gasteiger partial charge in [-0.1, -0.05) is 182 Å². The van der Waals surface area contributed by atoms with Crippen molar-refractivity contribution in [3.05, 3.63) is 223 Å². The molecule has 0 aliphatic heterocycles. The summed E-state index contributed by atoms with van der Waals surface area (Å²) < 4.78 is 0. The summed E-state index contributed by atoms with van der Waals surface area (Å²) in [7, 11) is 0. The minimum absolute atomic E-state index is 0.612. The summed E-state index contributed by atoms with van der Waals surface area (Å²) in [4.78, 5) is 11.2. The van der Waals surface area contributed by atoms with Gasteiger partial charge in [-0.25, -0.2) is 9.97 Å². The van der Waals surface area contributed by atoms with E-state index in [1.54, 1.807) is 0 Å². The van der Waals surface area contributed by atoms with Gasteiger partial charge in [-0.05, 0) is 141 Å². The molecule has 0 radical (unpaired) electrons. The van der Waals surface area contributed by atoms with Crippen LogP contribution in [0.1, 0.15) is 24.0 Å². The number of hydrogen-bond acceptors (Lipinski definition) is 4. The van der Waals surface area contributed by atoms with Crippen LogP contribution in [0.15, 0.2) is 212 Å². The van der Waals surface area contributed by atoms with E-state index in [9.17, 15) is 10.5 Å². The second-order valence-electron chi connectivity index (χ2n) is 18.5. The van der Waals surface area contributed by atoms with E-state index in [1.165, 1.54) is 64.6 Å². The SMILES string of the molecule is N#CC1=C(c2ccc(-c3nc(-c4ccc(-c5ccccc5C#N)cc4)c4cc(-c5ccc6ccc7cccc8ccc5c6c78)cc(-c5ccc6ccc7cccc8ccc5c6c78)c4n3)cc2)CCC=C1. The molecular formula is C66H38N4. The predicted molar refractivity (Wildman–Crippen MR) is 290 cm³/mol. The summed E-state index contributed by atoms with van der Waals surface area (Å²) in [6, 6.07) is 74.3. The van der Waals surface area contributed by atoms with Crippen LogP contribution in [-0.4, -0.2) is 9.97 Å².